The summed E-state index contributed by atoms with van der Waals surface area (Å²) in [5.41, 5.74) is -1.05. The van der Waals surface area contributed by atoms with E-state index in [1.807, 2.05) is 0 Å². The van der Waals surface area contributed by atoms with E-state index in [4.69, 9.17) is 5.11 Å². The van der Waals surface area contributed by atoms with Crippen LogP contribution in [0.2, 0.25) is 0 Å². The van der Waals surface area contributed by atoms with Crippen LogP contribution in [-0.2, 0) is 11.0 Å². The Kier molecular flexibility index (Phi) is 4.94. The van der Waals surface area contributed by atoms with Gasteiger partial charge in [0.2, 0.25) is 0 Å². The minimum absolute atomic E-state index is 0.0234. The minimum Gasteiger partial charge on any atom is -0.481 e. The van der Waals surface area contributed by atoms with Crippen molar-refractivity contribution >= 4 is 23.6 Å². The van der Waals surface area contributed by atoms with E-state index >= 15 is 0 Å². The molecule has 1 atom stereocenters. The SMILES string of the molecule is O=C(O)CC1CSCCN1C(=O)c1ccc(C(F)(F)F)nc1. The van der Waals surface area contributed by atoms with Crippen molar-refractivity contribution in [2.24, 2.45) is 0 Å². The predicted molar refractivity (Wildman–Crippen MR) is 73.6 cm³/mol. The molecule has 1 amide bonds. The maximum atomic E-state index is 12.5. The lowest BCUT2D eigenvalue weighted by Crippen LogP contribution is -2.47. The lowest BCUT2D eigenvalue weighted by Gasteiger charge is -2.34. The number of carboxylic acids is 1. The fraction of sp³-hybridized carbons (Fsp3) is 0.462. The van der Waals surface area contributed by atoms with E-state index in [0.717, 1.165) is 18.3 Å². The lowest BCUT2D eigenvalue weighted by atomic mass is 10.1. The third-order valence-corrected chi connectivity index (χ3v) is 4.29. The Morgan fingerprint density at radius 1 is 1.41 bits per heavy atom. The molecule has 0 radical (unpaired) electrons. The highest BCUT2D eigenvalue weighted by atomic mass is 32.2. The van der Waals surface area contributed by atoms with Crippen LogP contribution in [0.1, 0.15) is 22.5 Å². The molecule has 0 aromatic carbocycles. The molecule has 1 aromatic heterocycles. The van der Waals surface area contributed by atoms with E-state index in [9.17, 15) is 22.8 Å². The first-order valence-electron chi connectivity index (χ1n) is 6.43. The Hall–Kier alpha value is -1.77. The first kappa shape index (κ1) is 16.6. The molecule has 1 unspecified atom stereocenters. The molecule has 1 fully saturated rings. The number of carbonyl (C=O) groups is 2. The average Bonchev–Trinajstić information content (AvgIpc) is 2.46. The Morgan fingerprint density at radius 2 is 2.14 bits per heavy atom. The number of aromatic nitrogens is 1. The molecule has 0 spiro atoms. The zero-order valence-electron chi connectivity index (χ0n) is 11.3. The number of alkyl halides is 3. The fourth-order valence-electron chi connectivity index (χ4n) is 2.15. The highest BCUT2D eigenvalue weighted by Crippen LogP contribution is 2.28. The van der Waals surface area contributed by atoms with Gasteiger partial charge < -0.3 is 10.0 Å². The molecule has 5 nitrogen and oxygen atoms in total. The molecule has 22 heavy (non-hydrogen) atoms. The summed E-state index contributed by atoms with van der Waals surface area (Å²) < 4.78 is 37.4. The number of rotatable bonds is 3. The summed E-state index contributed by atoms with van der Waals surface area (Å²) in [5.74, 6) is -0.356. The summed E-state index contributed by atoms with van der Waals surface area (Å²) in [5, 5.41) is 8.88. The maximum Gasteiger partial charge on any atom is 0.433 e. The molecule has 1 saturated heterocycles. The van der Waals surface area contributed by atoms with Crippen molar-refractivity contribution in [2.45, 2.75) is 18.6 Å². The van der Waals surface area contributed by atoms with Gasteiger partial charge in [0.25, 0.3) is 5.91 Å². The second-order valence-electron chi connectivity index (χ2n) is 4.76. The number of carboxylic acid groups (broad SMARTS) is 1. The summed E-state index contributed by atoms with van der Waals surface area (Å²) in [6, 6.07) is 1.35. The summed E-state index contributed by atoms with van der Waals surface area (Å²) >= 11 is 1.55. The number of thioether (sulfide) groups is 1. The summed E-state index contributed by atoms with van der Waals surface area (Å²) in [7, 11) is 0. The van der Waals surface area contributed by atoms with Gasteiger partial charge in [-0.2, -0.15) is 24.9 Å². The van der Waals surface area contributed by atoms with Crippen LogP contribution in [0.4, 0.5) is 13.2 Å². The quantitative estimate of drug-likeness (QED) is 0.917. The molecule has 1 N–H and O–H groups in total. The van der Waals surface area contributed by atoms with Gasteiger partial charge >= 0.3 is 12.1 Å². The van der Waals surface area contributed by atoms with Crippen molar-refractivity contribution < 1.29 is 27.9 Å². The lowest BCUT2D eigenvalue weighted by molar-refractivity contribution is -0.141. The second-order valence-corrected chi connectivity index (χ2v) is 5.90. The molecular formula is C13H13F3N2O3S. The maximum absolute atomic E-state index is 12.5. The van der Waals surface area contributed by atoms with Gasteiger partial charge in [-0.05, 0) is 12.1 Å². The van der Waals surface area contributed by atoms with Crippen LogP contribution in [0.5, 0.6) is 0 Å². The van der Waals surface area contributed by atoms with Gasteiger partial charge in [-0.1, -0.05) is 0 Å². The predicted octanol–water partition coefficient (Wildman–Crippen LogP) is 2.13. The summed E-state index contributed by atoms with van der Waals surface area (Å²) in [6.07, 6.45) is -3.87. The van der Waals surface area contributed by atoms with E-state index in [1.54, 1.807) is 11.8 Å². The Morgan fingerprint density at radius 3 is 2.68 bits per heavy atom. The van der Waals surface area contributed by atoms with Crippen LogP contribution >= 0.6 is 11.8 Å². The van der Waals surface area contributed by atoms with Crippen LogP contribution in [0.25, 0.3) is 0 Å². The van der Waals surface area contributed by atoms with Crippen molar-refractivity contribution in [3.8, 4) is 0 Å². The topological polar surface area (TPSA) is 70.5 Å². The molecule has 0 bridgehead atoms. The summed E-state index contributed by atoms with van der Waals surface area (Å²) in [6.45, 7) is 0.364. The number of hydrogen-bond donors (Lipinski definition) is 1. The average molecular weight is 334 g/mol. The first-order chi connectivity index (χ1) is 10.3. The molecule has 120 valence electrons. The van der Waals surface area contributed by atoms with E-state index in [2.05, 4.69) is 4.98 Å². The van der Waals surface area contributed by atoms with Crippen molar-refractivity contribution in [1.29, 1.82) is 0 Å². The number of nitrogens with zero attached hydrogens (tertiary/aromatic N) is 2. The molecule has 1 aliphatic rings. The number of amides is 1. The standard InChI is InChI=1S/C13H13F3N2O3S/c14-13(15,16)10-2-1-8(6-17-10)12(21)18-3-4-22-7-9(18)5-11(19)20/h1-2,6,9H,3-5,7H2,(H,19,20). The second kappa shape index (κ2) is 6.55. The fourth-order valence-corrected chi connectivity index (χ4v) is 3.21. The third-order valence-electron chi connectivity index (χ3n) is 3.20. The largest absolute Gasteiger partial charge is 0.481 e. The third kappa shape index (κ3) is 3.90. The number of carbonyl (C=O) groups excluding carboxylic acids is 1. The molecule has 2 rings (SSSR count). The van der Waals surface area contributed by atoms with Gasteiger partial charge in [0.1, 0.15) is 5.69 Å². The minimum atomic E-state index is -4.56. The monoisotopic (exact) mass is 334 g/mol. The number of halogens is 3. The van der Waals surface area contributed by atoms with E-state index < -0.39 is 29.8 Å². The first-order valence-corrected chi connectivity index (χ1v) is 7.58. The van der Waals surface area contributed by atoms with Crippen molar-refractivity contribution in [3.63, 3.8) is 0 Å². The normalized spacial score (nSPS) is 19.0. The number of pyridine rings is 1. The highest BCUT2D eigenvalue weighted by molar-refractivity contribution is 7.99. The van der Waals surface area contributed by atoms with Gasteiger partial charge in [0.15, 0.2) is 0 Å². The van der Waals surface area contributed by atoms with E-state index in [0.29, 0.717) is 18.1 Å². The van der Waals surface area contributed by atoms with Crippen LogP contribution in [0, 0.1) is 0 Å². The van der Waals surface area contributed by atoms with Gasteiger partial charge in [0, 0.05) is 24.2 Å². The van der Waals surface area contributed by atoms with Crippen molar-refractivity contribution in [1.82, 2.24) is 9.88 Å². The van der Waals surface area contributed by atoms with Crippen LogP contribution in [-0.4, -0.2) is 51.0 Å². The summed E-state index contributed by atoms with van der Waals surface area (Å²) in [4.78, 5) is 27.9. The van der Waals surface area contributed by atoms with Gasteiger partial charge in [-0.25, -0.2) is 0 Å². The molecule has 1 aromatic rings. The molecule has 9 heteroatoms. The highest BCUT2D eigenvalue weighted by Gasteiger charge is 2.33. The van der Waals surface area contributed by atoms with Gasteiger partial charge in [-0.15, -0.1) is 0 Å². The Bertz CT molecular complexity index is 563. The molecule has 1 aliphatic heterocycles. The van der Waals surface area contributed by atoms with Crippen LogP contribution in [0.3, 0.4) is 0 Å². The molecule has 2 heterocycles. The smallest absolute Gasteiger partial charge is 0.433 e. The number of hydrogen-bond acceptors (Lipinski definition) is 4. The van der Waals surface area contributed by atoms with Crippen molar-refractivity contribution in [2.75, 3.05) is 18.1 Å². The molecule has 0 saturated carbocycles. The van der Waals surface area contributed by atoms with E-state index in [1.165, 1.54) is 4.90 Å². The van der Waals surface area contributed by atoms with Crippen LogP contribution < -0.4 is 0 Å². The zero-order chi connectivity index (χ0) is 16.3. The molecular weight excluding hydrogens is 321 g/mol. The molecule has 0 aliphatic carbocycles. The Labute approximate surface area is 128 Å². The number of aliphatic carboxylic acids is 1. The van der Waals surface area contributed by atoms with Gasteiger partial charge in [-0.3, -0.25) is 14.6 Å². The van der Waals surface area contributed by atoms with Crippen LogP contribution in [0.15, 0.2) is 18.3 Å². The van der Waals surface area contributed by atoms with E-state index in [-0.39, 0.29) is 12.0 Å². The van der Waals surface area contributed by atoms with Gasteiger partial charge in [0.05, 0.1) is 18.0 Å². The Balaban J connectivity index is 2.16. The van der Waals surface area contributed by atoms with Crippen molar-refractivity contribution in [3.05, 3.63) is 29.6 Å². The zero-order valence-corrected chi connectivity index (χ0v) is 12.2.